The standard InChI is InChI=1S/C10H20N2/c1-4-11-6-5-9-10(11)7-12(9)8(2)3/h8-10H,4-7H2,1-3H3. The molecule has 2 rings (SSSR count). The molecule has 0 saturated carbocycles. The Labute approximate surface area is 75.5 Å². The zero-order valence-electron chi connectivity index (χ0n) is 8.45. The topological polar surface area (TPSA) is 6.48 Å². The molecule has 0 aromatic heterocycles. The number of fused-ring (bicyclic) bond motifs is 1. The van der Waals surface area contributed by atoms with Gasteiger partial charge in [0.2, 0.25) is 0 Å². The Morgan fingerprint density at radius 1 is 1.33 bits per heavy atom. The highest BCUT2D eigenvalue weighted by molar-refractivity contribution is 5.04. The third-order valence-electron chi connectivity index (χ3n) is 3.52. The first-order valence-electron chi connectivity index (χ1n) is 5.23. The lowest BCUT2D eigenvalue weighted by atomic mass is 9.95. The van der Waals surface area contributed by atoms with Gasteiger partial charge in [-0.05, 0) is 26.8 Å². The van der Waals surface area contributed by atoms with Crippen LogP contribution in [-0.2, 0) is 0 Å². The fourth-order valence-corrected chi connectivity index (χ4v) is 2.72. The maximum atomic E-state index is 2.64. The van der Waals surface area contributed by atoms with Crippen LogP contribution in [-0.4, -0.2) is 47.6 Å². The summed E-state index contributed by atoms with van der Waals surface area (Å²) in [6.07, 6.45) is 1.40. The minimum absolute atomic E-state index is 0.753. The van der Waals surface area contributed by atoms with Crippen LogP contribution in [0.4, 0.5) is 0 Å². The predicted octanol–water partition coefficient (Wildman–Crippen LogP) is 1.17. The van der Waals surface area contributed by atoms with Crippen molar-refractivity contribution < 1.29 is 0 Å². The summed E-state index contributed by atoms with van der Waals surface area (Å²) in [5.41, 5.74) is 0. The molecule has 2 aliphatic heterocycles. The van der Waals surface area contributed by atoms with Crippen LogP contribution in [0.25, 0.3) is 0 Å². The van der Waals surface area contributed by atoms with Crippen molar-refractivity contribution in [1.82, 2.24) is 9.80 Å². The normalized spacial score (nSPS) is 37.0. The van der Waals surface area contributed by atoms with Crippen LogP contribution in [0.1, 0.15) is 27.2 Å². The van der Waals surface area contributed by atoms with E-state index in [0.717, 1.165) is 18.1 Å². The van der Waals surface area contributed by atoms with Crippen molar-refractivity contribution in [2.75, 3.05) is 19.6 Å². The number of hydrogen-bond donors (Lipinski definition) is 0. The van der Waals surface area contributed by atoms with E-state index < -0.39 is 0 Å². The average Bonchev–Trinajstić information content (AvgIpc) is 2.26. The third-order valence-corrected chi connectivity index (χ3v) is 3.52. The first-order valence-corrected chi connectivity index (χ1v) is 5.23. The molecule has 0 bridgehead atoms. The van der Waals surface area contributed by atoms with Gasteiger partial charge < -0.3 is 0 Å². The zero-order valence-corrected chi connectivity index (χ0v) is 8.45. The second-order valence-corrected chi connectivity index (χ2v) is 4.34. The van der Waals surface area contributed by atoms with Gasteiger partial charge in [-0.3, -0.25) is 9.80 Å². The monoisotopic (exact) mass is 168 g/mol. The number of nitrogens with zero attached hydrogens (tertiary/aromatic N) is 2. The molecule has 2 atom stereocenters. The summed E-state index contributed by atoms with van der Waals surface area (Å²) in [5, 5.41) is 0. The van der Waals surface area contributed by atoms with Crippen LogP contribution in [0.3, 0.4) is 0 Å². The van der Waals surface area contributed by atoms with Crippen molar-refractivity contribution in [3.8, 4) is 0 Å². The quantitative estimate of drug-likeness (QED) is 0.611. The maximum absolute atomic E-state index is 2.64. The molecule has 12 heavy (non-hydrogen) atoms. The Hall–Kier alpha value is -0.0800. The molecule has 2 heterocycles. The minimum atomic E-state index is 0.753. The van der Waals surface area contributed by atoms with Crippen molar-refractivity contribution in [2.45, 2.75) is 45.3 Å². The first kappa shape index (κ1) is 8.52. The fourth-order valence-electron chi connectivity index (χ4n) is 2.72. The van der Waals surface area contributed by atoms with Gasteiger partial charge >= 0.3 is 0 Å². The molecule has 2 unspecified atom stereocenters. The van der Waals surface area contributed by atoms with Gasteiger partial charge in [0, 0.05) is 31.2 Å². The second kappa shape index (κ2) is 3.00. The van der Waals surface area contributed by atoms with Gasteiger partial charge in [0.1, 0.15) is 0 Å². The van der Waals surface area contributed by atoms with Gasteiger partial charge in [0.15, 0.2) is 0 Å². The van der Waals surface area contributed by atoms with E-state index in [4.69, 9.17) is 0 Å². The number of likely N-dealkylation sites (tertiary alicyclic amines) is 2. The Morgan fingerprint density at radius 3 is 2.67 bits per heavy atom. The van der Waals surface area contributed by atoms with Crippen LogP contribution in [0.2, 0.25) is 0 Å². The highest BCUT2D eigenvalue weighted by Crippen LogP contribution is 2.33. The van der Waals surface area contributed by atoms with Gasteiger partial charge in [-0.15, -0.1) is 0 Å². The highest BCUT2D eigenvalue weighted by Gasteiger charge is 2.46. The van der Waals surface area contributed by atoms with Gasteiger partial charge in [0.05, 0.1) is 0 Å². The molecule has 0 aromatic rings. The number of rotatable bonds is 2. The summed E-state index contributed by atoms with van der Waals surface area (Å²) in [6.45, 7) is 10.8. The third kappa shape index (κ3) is 1.09. The van der Waals surface area contributed by atoms with Crippen molar-refractivity contribution in [3.63, 3.8) is 0 Å². The van der Waals surface area contributed by atoms with Crippen LogP contribution in [0.15, 0.2) is 0 Å². The Kier molecular flexibility index (Phi) is 2.13. The number of likely N-dealkylation sites (N-methyl/N-ethyl adjacent to an activating group) is 1. The summed E-state index contributed by atoms with van der Waals surface area (Å²) in [6, 6.07) is 2.55. The fraction of sp³-hybridized carbons (Fsp3) is 1.00. The van der Waals surface area contributed by atoms with Crippen LogP contribution in [0, 0.1) is 0 Å². The second-order valence-electron chi connectivity index (χ2n) is 4.34. The van der Waals surface area contributed by atoms with Crippen molar-refractivity contribution in [3.05, 3.63) is 0 Å². The van der Waals surface area contributed by atoms with Gasteiger partial charge in [-0.2, -0.15) is 0 Å². The van der Waals surface area contributed by atoms with E-state index in [-0.39, 0.29) is 0 Å². The summed E-state index contributed by atoms with van der Waals surface area (Å²) in [4.78, 5) is 5.27. The van der Waals surface area contributed by atoms with Crippen molar-refractivity contribution >= 4 is 0 Å². The summed E-state index contributed by atoms with van der Waals surface area (Å²) >= 11 is 0. The molecule has 2 saturated heterocycles. The van der Waals surface area contributed by atoms with Crippen LogP contribution in [0.5, 0.6) is 0 Å². The average molecular weight is 168 g/mol. The maximum Gasteiger partial charge on any atom is 0.0379 e. The molecule has 0 aromatic carbocycles. The Balaban J connectivity index is 1.93. The molecule has 70 valence electrons. The van der Waals surface area contributed by atoms with Crippen molar-refractivity contribution in [2.24, 2.45) is 0 Å². The largest absolute Gasteiger partial charge is 0.298 e. The molecule has 0 spiro atoms. The molecule has 0 aliphatic carbocycles. The van der Waals surface area contributed by atoms with E-state index >= 15 is 0 Å². The molecular formula is C10H20N2. The summed E-state index contributed by atoms with van der Waals surface area (Å²) in [5.74, 6) is 0. The first-order chi connectivity index (χ1) is 5.74. The number of hydrogen-bond acceptors (Lipinski definition) is 2. The molecule has 0 amide bonds. The van der Waals surface area contributed by atoms with Crippen molar-refractivity contribution in [1.29, 1.82) is 0 Å². The van der Waals surface area contributed by atoms with E-state index in [1.807, 2.05) is 0 Å². The van der Waals surface area contributed by atoms with E-state index in [1.54, 1.807) is 0 Å². The van der Waals surface area contributed by atoms with Crippen LogP contribution >= 0.6 is 0 Å². The van der Waals surface area contributed by atoms with E-state index in [1.165, 1.54) is 26.1 Å². The zero-order chi connectivity index (χ0) is 8.72. The lowest BCUT2D eigenvalue weighted by Gasteiger charge is -2.49. The molecule has 2 fully saturated rings. The summed E-state index contributed by atoms with van der Waals surface area (Å²) < 4.78 is 0. The Bertz CT molecular complexity index is 167. The van der Waals surface area contributed by atoms with Crippen LogP contribution < -0.4 is 0 Å². The lowest BCUT2D eigenvalue weighted by Crippen LogP contribution is -2.63. The molecular weight excluding hydrogens is 148 g/mol. The lowest BCUT2D eigenvalue weighted by molar-refractivity contribution is 0.000567. The predicted molar refractivity (Wildman–Crippen MR) is 51.3 cm³/mol. The minimum Gasteiger partial charge on any atom is -0.298 e. The van der Waals surface area contributed by atoms with Gasteiger partial charge in [-0.25, -0.2) is 0 Å². The Morgan fingerprint density at radius 2 is 2.08 bits per heavy atom. The van der Waals surface area contributed by atoms with E-state index in [0.29, 0.717) is 0 Å². The van der Waals surface area contributed by atoms with Gasteiger partial charge in [-0.1, -0.05) is 6.92 Å². The van der Waals surface area contributed by atoms with E-state index in [2.05, 4.69) is 30.6 Å². The SMILES string of the molecule is CCN1CCC2C1CN2C(C)C. The van der Waals surface area contributed by atoms with Gasteiger partial charge in [0.25, 0.3) is 0 Å². The highest BCUT2D eigenvalue weighted by atomic mass is 15.4. The smallest absolute Gasteiger partial charge is 0.0379 e. The molecule has 2 aliphatic rings. The molecule has 2 heteroatoms. The molecule has 0 radical (unpaired) electrons. The molecule has 0 N–H and O–H groups in total. The van der Waals surface area contributed by atoms with E-state index in [9.17, 15) is 0 Å². The summed E-state index contributed by atoms with van der Waals surface area (Å²) in [7, 11) is 0. The molecule has 2 nitrogen and oxygen atoms in total.